The molecule has 5 heteroatoms. The van der Waals surface area contributed by atoms with Gasteiger partial charge in [0, 0.05) is 29.7 Å². The Labute approximate surface area is 141 Å². The van der Waals surface area contributed by atoms with Gasteiger partial charge in [-0.1, -0.05) is 17.7 Å². The van der Waals surface area contributed by atoms with Gasteiger partial charge in [0.1, 0.15) is 0 Å². The molecule has 0 saturated heterocycles. The van der Waals surface area contributed by atoms with Crippen LogP contribution in [0.2, 0.25) is 0 Å². The monoisotopic (exact) mass is 323 g/mol. The van der Waals surface area contributed by atoms with E-state index >= 15 is 0 Å². The van der Waals surface area contributed by atoms with Crippen LogP contribution >= 0.6 is 0 Å². The third-order valence-corrected chi connectivity index (χ3v) is 3.39. The number of allylic oxidation sites excluding steroid dienone is 1. The van der Waals surface area contributed by atoms with Crippen molar-refractivity contribution in [3.8, 4) is 0 Å². The van der Waals surface area contributed by atoms with Crippen LogP contribution in [0.5, 0.6) is 0 Å². The highest BCUT2D eigenvalue weighted by atomic mass is 16.2. The van der Waals surface area contributed by atoms with Gasteiger partial charge >= 0.3 is 0 Å². The number of benzene rings is 1. The standard InChI is InChI=1S/C19H21N3O2/c1-13(2)12-18(23)21-14(3)15-4-6-17(7-5-15)22-19(24)16-8-10-20-11-9-16/h4-12,14H,1-3H3,(H,21,23)(H,22,24)/t14-/m0/s1. The number of nitrogens with zero attached hydrogens (tertiary/aromatic N) is 1. The normalized spacial score (nSPS) is 11.3. The Bertz CT molecular complexity index is 733. The lowest BCUT2D eigenvalue weighted by Crippen LogP contribution is -2.24. The van der Waals surface area contributed by atoms with E-state index in [2.05, 4.69) is 15.6 Å². The lowest BCUT2D eigenvalue weighted by molar-refractivity contribution is -0.117. The summed E-state index contributed by atoms with van der Waals surface area (Å²) < 4.78 is 0. The molecule has 0 radical (unpaired) electrons. The number of nitrogens with one attached hydrogen (secondary N) is 2. The number of pyridine rings is 1. The van der Waals surface area contributed by atoms with E-state index in [1.54, 1.807) is 30.6 Å². The molecule has 0 spiro atoms. The number of anilines is 1. The minimum Gasteiger partial charge on any atom is -0.346 e. The van der Waals surface area contributed by atoms with Gasteiger partial charge in [0.15, 0.2) is 0 Å². The van der Waals surface area contributed by atoms with Crippen LogP contribution < -0.4 is 10.6 Å². The third-order valence-electron chi connectivity index (χ3n) is 3.39. The molecule has 0 saturated carbocycles. The summed E-state index contributed by atoms with van der Waals surface area (Å²) >= 11 is 0. The maximum atomic E-state index is 12.1. The molecule has 2 N–H and O–H groups in total. The molecule has 5 nitrogen and oxygen atoms in total. The summed E-state index contributed by atoms with van der Waals surface area (Å²) in [5.41, 5.74) is 3.17. The molecule has 2 aromatic rings. The zero-order valence-electron chi connectivity index (χ0n) is 14.0. The van der Waals surface area contributed by atoms with Crippen molar-refractivity contribution in [1.29, 1.82) is 0 Å². The Hall–Kier alpha value is -2.95. The molecule has 1 aromatic carbocycles. The number of amides is 2. The third kappa shape index (κ3) is 5.05. The molecule has 2 amide bonds. The zero-order valence-corrected chi connectivity index (χ0v) is 14.0. The molecule has 0 fully saturated rings. The lowest BCUT2D eigenvalue weighted by Gasteiger charge is -2.14. The Kier molecular flexibility index (Phi) is 5.84. The highest BCUT2D eigenvalue weighted by molar-refractivity contribution is 6.04. The molecule has 0 aliphatic rings. The summed E-state index contributed by atoms with van der Waals surface area (Å²) in [6, 6.07) is 10.6. The zero-order chi connectivity index (χ0) is 17.5. The van der Waals surface area contributed by atoms with Crippen molar-refractivity contribution >= 4 is 17.5 Å². The van der Waals surface area contributed by atoms with Gasteiger partial charge < -0.3 is 10.6 Å². The Morgan fingerprint density at radius 3 is 2.25 bits per heavy atom. The fourth-order valence-corrected chi connectivity index (χ4v) is 2.16. The van der Waals surface area contributed by atoms with Crippen LogP contribution in [0, 0.1) is 0 Å². The van der Waals surface area contributed by atoms with Gasteiger partial charge in [0.05, 0.1) is 6.04 Å². The first-order valence-electron chi connectivity index (χ1n) is 7.72. The number of hydrogen-bond acceptors (Lipinski definition) is 3. The summed E-state index contributed by atoms with van der Waals surface area (Å²) in [5, 5.41) is 5.73. The minimum atomic E-state index is -0.185. The first kappa shape index (κ1) is 17.4. The number of carbonyl (C=O) groups is 2. The summed E-state index contributed by atoms with van der Waals surface area (Å²) in [6.45, 7) is 5.68. The highest BCUT2D eigenvalue weighted by Gasteiger charge is 2.09. The van der Waals surface area contributed by atoms with Crippen molar-refractivity contribution < 1.29 is 9.59 Å². The van der Waals surface area contributed by atoms with Crippen molar-refractivity contribution in [2.45, 2.75) is 26.8 Å². The van der Waals surface area contributed by atoms with Crippen LogP contribution in [0.15, 0.2) is 60.4 Å². The second-order valence-corrected chi connectivity index (χ2v) is 5.76. The van der Waals surface area contributed by atoms with Crippen LogP contribution in [-0.2, 0) is 4.79 Å². The van der Waals surface area contributed by atoms with E-state index in [1.165, 1.54) is 0 Å². The van der Waals surface area contributed by atoms with Gasteiger partial charge in [-0.3, -0.25) is 14.6 Å². The van der Waals surface area contributed by atoms with Crippen molar-refractivity contribution in [2.75, 3.05) is 5.32 Å². The minimum absolute atomic E-state index is 0.113. The van der Waals surface area contributed by atoms with E-state index in [-0.39, 0.29) is 17.9 Å². The summed E-state index contributed by atoms with van der Waals surface area (Å²) in [6.07, 6.45) is 4.73. The molecular formula is C19H21N3O2. The summed E-state index contributed by atoms with van der Waals surface area (Å²) in [7, 11) is 0. The maximum Gasteiger partial charge on any atom is 0.255 e. The van der Waals surface area contributed by atoms with Gasteiger partial charge in [-0.2, -0.15) is 0 Å². The van der Waals surface area contributed by atoms with Crippen molar-refractivity contribution in [1.82, 2.24) is 10.3 Å². The first-order chi connectivity index (χ1) is 11.5. The topological polar surface area (TPSA) is 71.1 Å². The maximum absolute atomic E-state index is 12.1. The van der Waals surface area contributed by atoms with Crippen molar-refractivity contribution in [3.63, 3.8) is 0 Å². The van der Waals surface area contributed by atoms with Crippen LogP contribution in [0.25, 0.3) is 0 Å². The molecule has 2 rings (SSSR count). The van der Waals surface area contributed by atoms with E-state index in [0.717, 1.165) is 11.1 Å². The number of carbonyl (C=O) groups excluding carboxylic acids is 2. The van der Waals surface area contributed by atoms with Crippen LogP contribution in [0.1, 0.15) is 42.7 Å². The average Bonchev–Trinajstić information content (AvgIpc) is 2.55. The lowest BCUT2D eigenvalue weighted by atomic mass is 10.1. The molecule has 0 aliphatic heterocycles. The van der Waals surface area contributed by atoms with Crippen molar-refractivity contribution in [3.05, 3.63) is 71.6 Å². The highest BCUT2D eigenvalue weighted by Crippen LogP contribution is 2.17. The molecule has 124 valence electrons. The summed E-state index contributed by atoms with van der Waals surface area (Å²) in [4.78, 5) is 27.7. The van der Waals surface area contributed by atoms with Crippen LogP contribution in [0.4, 0.5) is 5.69 Å². The van der Waals surface area contributed by atoms with E-state index in [4.69, 9.17) is 0 Å². The van der Waals surface area contributed by atoms with Gasteiger partial charge in [-0.15, -0.1) is 0 Å². The fourth-order valence-electron chi connectivity index (χ4n) is 2.16. The second-order valence-electron chi connectivity index (χ2n) is 5.76. The molecule has 1 aromatic heterocycles. The molecule has 0 aliphatic carbocycles. The average molecular weight is 323 g/mol. The van der Waals surface area contributed by atoms with Crippen molar-refractivity contribution in [2.24, 2.45) is 0 Å². The molecule has 24 heavy (non-hydrogen) atoms. The van der Waals surface area contributed by atoms with Gasteiger partial charge in [0.25, 0.3) is 5.91 Å². The number of rotatable bonds is 5. The second kappa shape index (κ2) is 8.06. The molecular weight excluding hydrogens is 302 g/mol. The van der Waals surface area contributed by atoms with Gasteiger partial charge in [0.2, 0.25) is 5.91 Å². The predicted octanol–water partition coefficient (Wildman–Crippen LogP) is 3.48. The van der Waals surface area contributed by atoms with Gasteiger partial charge in [-0.05, 0) is 50.6 Å². The van der Waals surface area contributed by atoms with E-state index in [9.17, 15) is 9.59 Å². The molecule has 0 unspecified atom stereocenters. The van der Waals surface area contributed by atoms with Crippen LogP contribution in [0.3, 0.4) is 0 Å². The quantitative estimate of drug-likeness (QED) is 0.828. The Morgan fingerprint density at radius 2 is 1.67 bits per heavy atom. The smallest absolute Gasteiger partial charge is 0.255 e. The molecule has 1 heterocycles. The van der Waals surface area contributed by atoms with E-state index in [0.29, 0.717) is 11.3 Å². The SMILES string of the molecule is CC(C)=CC(=O)N[C@@H](C)c1ccc(NC(=O)c2ccncc2)cc1. The summed E-state index contributed by atoms with van der Waals surface area (Å²) in [5.74, 6) is -0.298. The Balaban J connectivity index is 1.99. The van der Waals surface area contributed by atoms with Gasteiger partial charge in [-0.25, -0.2) is 0 Å². The Morgan fingerprint density at radius 1 is 1.04 bits per heavy atom. The first-order valence-corrected chi connectivity index (χ1v) is 7.72. The molecule has 1 atom stereocenters. The number of hydrogen-bond donors (Lipinski definition) is 2. The molecule has 0 bridgehead atoms. The van der Waals surface area contributed by atoms with E-state index < -0.39 is 0 Å². The van der Waals surface area contributed by atoms with E-state index in [1.807, 2.05) is 45.0 Å². The van der Waals surface area contributed by atoms with Crippen LogP contribution in [-0.4, -0.2) is 16.8 Å². The fraction of sp³-hybridized carbons (Fsp3) is 0.211. The largest absolute Gasteiger partial charge is 0.346 e. The number of aromatic nitrogens is 1. The predicted molar refractivity (Wildman–Crippen MR) is 94.6 cm³/mol.